The molecule has 2 aromatic heterocycles. The second kappa shape index (κ2) is 9.08. The summed E-state index contributed by atoms with van der Waals surface area (Å²) in [5.41, 5.74) is 0.538. The molecule has 2 amide bonds. The Kier molecular flexibility index (Phi) is 5.98. The monoisotopic (exact) mass is 464 g/mol. The molecule has 3 aromatic rings. The molecular weight excluding hydrogens is 435 g/mol. The standard InChI is InChI=1S/C26H29FN4O3/c1-26(25(33)28-20-7-4-2-3-5-8-20)17-31-22(15-21(29-31)23-9-6-14-34-23)24(32)30(26)16-18-10-12-19(27)13-11-18/h6,9-15,20H,2-5,7-8,16-17H2,1H3,(H,28,33). The van der Waals surface area contributed by atoms with Crippen LogP contribution in [0.2, 0.25) is 0 Å². The van der Waals surface area contributed by atoms with E-state index in [4.69, 9.17) is 4.42 Å². The van der Waals surface area contributed by atoms with Crippen LogP contribution in [0.5, 0.6) is 0 Å². The Morgan fingerprint density at radius 1 is 1.18 bits per heavy atom. The summed E-state index contributed by atoms with van der Waals surface area (Å²) < 4.78 is 20.6. The van der Waals surface area contributed by atoms with Crippen LogP contribution in [0.15, 0.2) is 53.1 Å². The van der Waals surface area contributed by atoms with Crippen LogP contribution in [0.25, 0.3) is 11.5 Å². The van der Waals surface area contributed by atoms with Gasteiger partial charge in [0.15, 0.2) is 5.76 Å². The first-order valence-electron chi connectivity index (χ1n) is 11.9. The summed E-state index contributed by atoms with van der Waals surface area (Å²) in [5.74, 6) is -0.261. The third kappa shape index (κ3) is 4.24. The summed E-state index contributed by atoms with van der Waals surface area (Å²) in [6, 6.07) is 11.4. The van der Waals surface area contributed by atoms with E-state index in [0.29, 0.717) is 17.1 Å². The van der Waals surface area contributed by atoms with Crippen molar-refractivity contribution in [1.82, 2.24) is 20.0 Å². The number of amides is 2. The van der Waals surface area contributed by atoms with E-state index in [1.165, 1.54) is 25.0 Å². The normalized spacial score (nSPS) is 21.2. The van der Waals surface area contributed by atoms with Crippen molar-refractivity contribution in [1.29, 1.82) is 0 Å². The van der Waals surface area contributed by atoms with Gasteiger partial charge in [-0.05, 0) is 49.6 Å². The lowest BCUT2D eigenvalue weighted by Crippen LogP contribution is -2.64. The fraction of sp³-hybridized carbons (Fsp3) is 0.423. The molecule has 1 saturated carbocycles. The minimum atomic E-state index is -1.16. The molecule has 7 nitrogen and oxygen atoms in total. The lowest BCUT2D eigenvalue weighted by molar-refractivity contribution is -0.134. The quantitative estimate of drug-likeness (QED) is 0.563. The van der Waals surface area contributed by atoms with Crippen molar-refractivity contribution >= 4 is 11.8 Å². The zero-order chi connectivity index (χ0) is 23.7. The molecule has 1 atom stereocenters. The average Bonchev–Trinajstić information content (AvgIpc) is 3.43. The summed E-state index contributed by atoms with van der Waals surface area (Å²) in [6.07, 6.45) is 8.01. The van der Waals surface area contributed by atoms with Crippen molar-refractivity contribution in [2.45, 2.75) is 70.1 Å². The van der Waals surface area contributed by atoms with Crippen molar-refractivity contribution < 1.29 is 18.4 Å². The molecule has 0 bridgehead atoms. The predicted octanol–water partition coefficient (Wildman–Crippen LogP) is 4.54. The summed E-state index contributed by atoms with van der Waals surface area (Å²) in [6.45, 7) is 2.20. The highest BCUT2D eigenvalue weighted by molar-refractivity contribution is 6.00. The molecule has 0 spiro atoms. The highest BCUT2D eigenvalue weighted by Crippen LogP contribution is 2.32. The van der Waals surface area contributed by atoms with Gasteiger partial charge in [0.1, 0.15) is 22.7 Å². The number of nitrogens with zero attached hydrogens (tertiary/aromatic N) is 3. The van der Waals surface area contributed by atoms with Crippen LogP contribution in [-0.4, -0.2) is 38.1 Å². The molecule has 178 valence electrons. The average molecular weight is 465 g/mol. The lowest BCUT2D eigenvalue weighted by Gasteiger charge is -2.44. The Morgan fingerprint density at radius 3 is 2.59 bits per heavy atom. The Morgan fingerprint density at radius 2 is 1.91 bits per heavy atom. The van der Waals surface area contributed by atoms with Gasteiger partial charge in [-0.25, -0.2) is 4.39 Å². The number of halogens is 1. The van der Waals surface area contributed by atoms with Gasteiger partial charge < -0.3 is 14.6 Å². The van der Waals surface area contributed by atoms with Gasteiger partial charge in [0.05, 0.1) is 12.8 Å². The Labute approximate surface area is 197 Å². The first-order chi connectivity index (χ1) is 16.4. The van der Waals surface area contributed by atoms with Crippen LogP contribution in [0.4, 0.5) is 4.39 Å². The van der Waals surface area contributed by atoms with Crippen LogP contribution in [-0.2, 0) is 17.9 Å². The van der Waals surface area contributed by atoms with E-state index in [-0.39, 0.29) is 36.8 Å². The van der Waals surface area contributed by atoms with E-state index >= 15 is 0 Å². The highest BCUT2D eigenvalue weighted by Gasteiger charge is 2.48. The van der Waals surface area contributed by atoms with Gasteiger partial charge >= 0.3 is 0 Å². The van der Waals surface area contributed by atoms with Crippen LogP contribution >= 0.6 is 0 Å². The summed E-state index contributed by atoms with van der Waals surface area (Å²) >= 11 is 0. The van der Waals surface area contributed by atoms with Crippen LogP contribution < -0.4 is 5.32 Å². The lowest BCUT2D eigenvalue weighted by atomic mass is 9.93. The van der Waals surface area contributed by atoms with Crippen molar-refractivity contribution in [3.8, 4) is 11.5 Å². The Hall–Kier alpha value is -3.42. The van der Waals surface area contributed by atoms with Crippen molar-refractivity contribution in [3.05, 3.63) is 65.8 Å². The van der Waals surface area contributed by atoms with Gasteiger partial charge in [-0.3, -0.25) is 14.3 Å². The maximum absolute atomic E-state index is 13.7. The molecule has 1 N–H and O–H groups in total. The molecule has 8 heteroatoms. The van der Waals surface area contributed by atoms with Gasteiger partial charge in [-0.2, -0.15) is 5.10 Å². The number of carbonyl (C=O) groups is 2. The van der Waals surface area contributed by atoms with Crippen molar-refractivity contribution in [2.75, 3.05) is 0 Å². The smallest absolute Gasteiger partial charge is 0.273 e. The van der Waals surface area contributed by atoms with Crippen molar-refractivity contribution in [3.63, 3.8) is 0 Å². The maximum atomic E-state index is 13.7. The van der Waals surface area contributed by atoms with Gasteiger partial charge in [0.25, 0.3) is 5.91 Å². The minimum Gasteiger partial charge on any atom is -0.463 e. The number of nitrogens with one attached hydrogen (secondary N) is 1. The molecule has 1 unspecified atom stereocenters. The third-order valence-electron chi connectivity index (χ3n) is 7.00. The molecule has 34 heavy (non-hydrogen) atoms. The van der Waals surface area contributed by atoms with E-state index in [9.17, 15) is 14.0 Å². The molecule has 3 heterocycles. The number of carbonyl (C=O) groups excluding carboxylic acids is 2. The van der Waals surface area contributed by atoms with Crippen LogP contribution in [0.1, 0.15) is 61.5 Å². The highest BCUT2D eigenvalue weighted by atomic mass is 19.1. The number of furan rings is 1. The molecule has 1 aromatic carbocycles. The van der Waals surface area contributed by atoms with E-state index in [0.717, 1.165) is 31.2 Å². The third-order valence-corrected chi connectivity index (χ3v) is 7.00. The molecule has 1 aliphatic carbocycles. The van der Waals surface area contributed by atoms with Gasteiger partial charge in [0, 0.05) is 18.7 Å². The van der Waals surface area contributed by atoms with E-state index < -0.39 is 5.54 Å². The topological polar surface area (TPSA) is 80.4 Å². The number of hydrogen-bond donors (Lipinski definition) is 1. The fourth-order valence-corrected chi connectivity index (χ4v) is 4.97. The Balaban J connectivity index is 1.49. The Bertz CT molecular complexity index is 1160. The summed E-state index contributed by atoms with van der Waals surface area (Å²) in [7, 11) is 0. The second-order valence-electron chi connectivity index (χ2n) is 9.50. The molecule has 0 radical (unpaired) electrons. The van der Waals surface area contributed by atoms with Crippen LogP contribution in [0.3, 0.4) is 0 Å². The van der Waals surface area contributed by atoms with Gasteiger partial charge in [-0.1, -0.05) is 37.8 Å². The van der Waals surface area contributed by atoms with Gasteiger partial charge in [-0.15, -0.1) is 0 Å². The molecular formula is C26H29FN4O3. The first kappa shape index (κ1) is 22.4. The largest absolute Gasteiger partial charge is 0.463 e. The van der Waals surface area contributed by atoms with E-state index in [2.05, 4.69) is 10.4 Å². The van der Waals surface area contributed by atoms with E-state index in [1.54, 1.807) is 53.1 Å². The zero-order valence-corrected chi connectivity index (χ0v) is 19.3. The molecule has 2 aliphatic rings. The zero-order valence-electron chi connectivity index (χ0n) is 19.3. The van der Waals surface area contributed by atoms with E-state index in [1.807, 2.05) is 0 Å². The predicted molar refractivity (Wildman–Crippen MR) is 124 cm³/mol. The first-order valence-corrected chi connectivity index (χ1v) is 11.9. The molecule has 5 rings (SSSR count). The summed E-state index contributed by atoms with van der Waals surface area (Å²) in [4.78, 5) is 29.0. The fourth-order valence-electron chi connectivity index (χ4n) is 4.97. The molecule has 1 fully saturated rings. The number of rotatable bonds is 5. The number of fused-ring (bicyclic) bond motifs is 1. The van der Waals surface area contributed by atoms with Gasteiger partial charge in [0.2, 0.25) is 5.91 Å². The number of hydrogen-bond acceptors (Lipinski definition) is 4. The molecule has 0 saturated heterocycles. The number of benzene rings is 1. The SMILES string of the molecule is CC1(C(=O)NC2CCCCCC2)Cn2nc(-c3ccco3)cc2C(=O)N1Cc1ccc(F)cc1. The van der Waals surface area contributed by atoms with Crippen LogP contribution in [0, 0.1) is 5.82 Å². The van der Waals surface area contributed by atoms with Crippen molar-refractivity contribution in [2.24, 2.45) is 0 Å². The summed E-state index contributed by atoms with van der Waals surface area (Å²) in [5, 5.41) is 7.81. The minimum absolute atomic E-state index is 0.104. The number of aromatic nitrogens is 2. The maximum Gasteiger partial charge on any atom is 0.273 e. The second-order valence-corrected chi connectivity index (χ2v) is 9.50. The molecule has 1 aliphatic heterocycles.